The predicted molar refractivity (Wildman–Crippen MR) is 109 cm³/mol. The highest BCUT2D eigenvalue weighted by molar-refractivity contribution is 6.05. The van der Waals surface area contributed by atoms with E-state index in [4.69, 9.17) is 14.6 Å². The Hall–Kier alpha value is -3.35. The van der Waals surface area contributed by atoms with Gasteiger partial charge >= 0.3 is 0 Å². The molecule has 1 heterocycles. The van der Waals surface area contributed by atoms with Crippen molar-refractivity contribution in [1.29, 1.82) is 0 Å². The number of nitrogens with one attached hydrogen (secondary N) is 2. The highest BCUT2D eigenvalue weighted by atomic mass is 16.5. The van der Waals surface area contributed by atoms with Crippen molar-refractivity contribution in [2.45, 2.75) is 27.2 Å². The molecule has 0 bridgehead atoms. The Balaban J connectivity index is 0.000000878. The van der Waals surface area contributed by atoms with E-state index in [-0.39, 0.29) is 18.3 Å². The van der Waals surface area contributed by atoms with E-state index in [1.165, 1.54) is 0 Å². The van der Waals surface area contributed by atoms with Gasteiger partial charge in [-0.3, -0.25) is 9.59 Å². The molecule has 1 atom stereocenters. The summed E-state index contributed by atoms with van der Waals surface area (Å²) >= 11 is 0. The van der Waals surface area contributed by atoms with E-state index < -0.39 is 0 Å². The molecule has 0 saturated heterocycles. The van der Waals surface area contributed by atoms with Gasteiger partial charge < -0.3 is 15.2 Å². The lowest BCUT2D eigenvalue weighted by Gasteiger charge is -2.19. The van der Waals surface area contributed by atoms with Crippen LogP contribution in [0.4, 0.5) is 11.4 Å². The van der Waals surface area contributed by atoms with Gasteiger partial charge in [-0.15, -0.1) is 0 Å². The Kier molecular flexibility index (Phi) is 7.14. The second kappa shape index (κ2) is 9.55. The van der Waals surface area contributed by atoms with Crippen LogP contribution in [-0.4, -0.2) is 30.3 Å². The lowest BCUT2D eigenvalue weighted by atomic mass is 9.94. The summed E-state index contributed by atoms with van der Waals surface area (Å²) in [4.78, 5) is 19.7. The van der Waals surface area contributed by atoms with Crippen LogP contribution in [0.15, 0.2) is 41.5 Å². The standard InChI is InChI=1S/C20H23N3O2.CH2O2/c1-12-11-18(24)22-23-19(12)15-5-7-16(8-6-15)21-17-9-13(2)20(25-4)14(3)10-17;2-1-3/h5-10,12,21H,11H2,1-4H3,(H,22,24);1H,(H,2,3)/t12-;/m1./s1. The van der Waals surface area contributed by atoms with Crippen LogP contribution in [0.5, 0.6) is 5.75 Å². The molecule has 0 unspecified atom stereocenters. The van der Waals surface area contributed by atoms with Gasteiger partial charge in [0.2, 0.25) is 5.91 Å². The van der Waals surface area contributed by atoms with Gasteiger partial charge in [0.05, 0.1) is 12.8 Å². The maximum atomic E-state index is 11.4. The number of anilines is 2. The molecule has 0 aromatic heterocycles. The maximum Gasteiger partial charge on any atom is 0.290 e. The first-order chi connectivity index (χ1) is 13.4. The molecule has 0 saturated carbocycles. The molecule has 7 heteroatoms. The number of aryl methyl sites for hydroxylation is 2. The molecule has 0 aliphatic carbocycles. The zero-order chi connectivity index (χ0) is 20.7. The van der Waals surface area contributed by atoms with Gasteiger partial charge in [0.15, 0.2) is 0 Å². The van der Waals surface area contributed by atoms with E-state index in [1.807, 2.05) is 45.0 Å². The fourth-order valence-electron chi connectivity index (χ4n) is 3.24. The lowest BCUT2D eigenvalue weighted by molar-refractivity contribution is -0.123. The highest BCUT2D eigenvalue weighted by Crippen LogP contribution is 2.29. The molecule has 1 amide bonds. The summed E-state index contributed by atoms with van der Waals surface area (Å²) in [5, 5.41) is 14.5. The van der Waals surface area contributed by atoms with E-state index in [2.05, 4.69) is 28.0 Å². The van der Waals surface area contributed by atoms with Crippen molar-refractivity contribution in [3.8, 4) is 5.75 Å². The van der Waals surface area contributed by atoms with Crippen molar-refractivity contribution in [2.75, 3.05) is 12.4 Å². The monoisotopic (exact) mass is 383 g/mol. The van der Waals surface area contributed by atoms with Crippen molar-refractivity contribution in [2.24, 2.45) is 11.0 Å². The third-order valence-electron chi connectivity index (χ3n) is 4.39. The van der Waals surface area contributed by atoms with Crippen LogP contribution in [0.2, 0.25) is 0 Å². The molecule has 0 spiro atoms. The van der Waals surface area contributed by atoms with Gasteiger partial charge in [0, 0.05) is 23.7 Å². The Morgan fingerprint density at radius 3 is 2.25 bits per heavy atom. The Morgan fingerprint density at radius 1 is 1.18 bits per heavy atom. The second-order valence-corrected chi connectivity index (χ2v) is 6.59. The zero-order valence-electron chi connectivity index (χ0n) is 16.4. The number of methoxy groups -OCH3 is 1. The first kappa shape index (κ1) is 21.0. The van der Waals surface area contributed by atoms with Crippen molar-refractivity contribution in [3.63, 3.8) is 0 Å². The average molecular weight is 383 g/mol. The fraction of sp³-hybridized carbons (Fsp3) is 0.286. The zero-order valence-corrected chi connectivity index (χ0v) is 16.4. The molecular formula is C21H25N3O4. The van der Waals surface area contributed by atoms with Crippen molar-refractivity contribution < 1.29 is 19.4 Å². The number of carboxylic acid groups (broad SMARTS) is 1. The summed E-state index contributed by atoms with van der Waals surface area (Å²) in [6, 6.07) is 12.2. The van der Waals surface area contributed by atoms with Crippen molar-refractivity contribution >= 4 is 29.5 Å². The van der Waals surface area contributed by atoms with Gasteiger partial charge in [-0.25, -0.2) is 5.43 Å². The Bertz CT molecular complexity index is 853. The minimum atomic E-state index is -0.250. The summed E-state index contributed by atoms with van der Waals surface area (Å²) in [6.07, 6.45) is 0.475. The normalized spacial score (nSPS) is 15.5. The Labute approximate surface area is 164 Å². The number of hydrogen-bond donors (Lipinski definition) is 3. The molecule has 148 valence electrons. The third-order valence-corrected chi connectivity index (χ3v) is 4.39. The molecular weight excluding hydrogens is 358 g/mol. The fourth-order valence-corrected chi connectivity index (χ4v) is 3.24. The molecule has 1 aliphatic heterocycles. The first-order valence-corrected chi connectivity index (χ1v) is 8.86. The minimum Gasteiger partial charge on any atom is -0.496 e. The number of hydrogen-bond acceptors (Lipinski definition) is 5. The molecule has 7 nitrogen and oxygen atoms in total. The van der Waals surface area contributed by atoms with Crippen LogP contribution in [0, 0.1) is 19.8 Å². The van der Waals surface area contributed by atoms with Crippen LogP contribution in [-0.2, 0) is 9.59 Å². The third kappa shape index (κ3) is 5.09. The van der Waals surface area contributed by atoms with Crippen LogP contribution in [0.25, 0.3) is 0 Å². The van der Waals surface area contributed by atoms with E-state index in [9.17, 15) is 4.79 Å². The largest absolute Gasteiger partial charge is 0.496 e. The Morgan fingerprint density at radius 2 is 1.75 bits per heavy atom. The molecule has 3 N–H and O–H groups in total. The van der Waals surface area contributed by atoms with E-state index in [0.717, 1.165) is 39.5 Å². The summed E-state index contributed by atoms with van der Waals surface area (Å²) in [6.45, 7) is 5.85. The first-order valence-electron chi connectivity index (χ1n) is 8.86. The molecule has 3 rings (SSSR count). The van der Waals surface area contributed by atoms with Gasteiger partial charge in [-0.05, 0) is 54.8 Å². The number of benzene rings is 2. The number of ether oxygens (including phenoxy) is 1. The van der Waals surface area contributed by atoms with E-state index in [1.54, 1.807) is 7.11 Å². The summed E-state index contributed by atoms with van der Waals surface area (Å²) in [5.74, 6) is 1.02. The number of rotatable bonds is 4. The van der Waals surface area contributed by atoms with Crippen LogP contribution in [0.1, 0.15) is 30.0 Å². The molecule has 0 fully saturated rings. The van der Waals surface area contributed by atoms with E-state index in [0.29, 0.717) is 6.42 Å². The quantitative estimate of drug-likeness (QED) is 0.700. The van der Waals surface area contributed by atoms with Gasteiger partial charge in [0.25, 0.3) is 6.47 Å². The molecule has 28 heavy (non-hydrogen) atoms. The number of carbonyl (C=O) groups excluding carboxylic acids is 1. The van der Waals surface area contributed by atoms with Crippen molar-refractivity contribution in [3.05, 3.63) is 53.1 Å². The average Bonchev–Trinajstić information content (AvgIpc) is 2.63. The number of nitrogens with zero attached hydrogens (tertiary/aromatic N) is 1. The minimum absolute atomic E-state index is 0.0280. The van der Waals surface area contributed by atoms with E-state index >= 15 is 0 Å². The number of hydrazone groups is 1. The number of amides is 1. The van der Waals surface area contributed by atoms with Crippen LogP contribution >= 0.6 is 0 Å². The van der Waals surface area contributed by atoms with Crippen molar-refractivity contribution in [1.82, 2.24) is 5.43 Å². The topological polar surface area (TPSA) is 100 Å². The molecule has 0 radical (unpaired) electrons. The number of carbonyl (C=O) groups is 2. The van der Waals surface area contributed by atoms with Crippen LogP contribution in [0.3, 0.4) is 0 Å². The van der Waals surface area contributed by atoms with Gasteiger partial charge in [-0.1, -0.05) is 19.1 Å². The maximum absolute atomic E-state index is 11.4. The second-order valence-electron chi connectivity index (χ2n) is 6.59. The molecule has 2 aromatic carbocycles. The predicted octanol–water partition coefficient (Wildman–Crippen LogP) is 3.62. The highest BCUT2D eigenvalue weighted by Gasteiger charge is 2.21. The SMILES string of the molecule is COc1c(C)cc(Nc2ccc(C3=NNC(=O)C[C@H]3C)cc2)cc1C.O=CO. The molecule has 1 aliphatic rings. The lowest BCUT2D eigenvalue weighted by Crippen LogP contribution is -2.31. The van der Waals surface area contributed by atoms with Crippen LogP contribution < -0.4 is 15.5 Å². The summed E-state index contributed by atoms with van der Waals surface area (Å²) in [5.41, 5.74) is 8.73. The summed E-state index contributed by atoms with van der Waals surface area (Å²) < 4.78 is 5.41. The summed E-state index contributed by atoms with van der Waals surface area (Å²) in [7, 11) is 1.69. The van der Waals surface area contributed by atoms with Gasteiger partial charge in [0.1, 0.15) is 5.75 Å². The molecule has 2 aromatic rings. The van der Waals surface area contributed by atoms with Gasteiger partial charge in [-0.2, -0.15) is 5.10 Å². The smallest absolute Gasteiger partial charge is 0.290 e.